The highest BCUT2D eigenvalue weighted by atomic mass is 16.5. The van der Waals surface area contributed by atoms with Crippen LogP contribution in [0.2, 0.25) is 0 Å². The van der Waals surface area contributed by atoms with Gasteiger partial charge in [0.1, 0.15) is 5.54 Å². The standard InChI is InChI=1S/C13H25NO4/c1-10(2)14-13(3,12(15)16-4)9-18-11-5-7-17-8-6-11/h10-11,14H,5-9H2,1-4H3. The molecule has 0 amide bonds. The smallest absolute Gasteiger partial charge is 0.328 e. The molecule has 0 radical (unpaired) electrons. The summed E-state index contributed by atoms with van der Waals surface area (Å²) in [6.45, 7) is 7.60. The lowest BCUT2D eigenvalue weighted by Gasteiger charge is -2.32. The molecule has 1 atom stereocenters. The van der Waals surface area contributed by atoms with Crippen LogP contribution in [0.15, 0.2) is 0 Å². The van der Waals surface area contributed by atoms with Gasteiger partial charge in [-0.1, -0.05) is 0 Å². The molecule has 1 heterocycles. The van der Waals surface area contributed by atoms with Crippen molar-refractivity contribution >= 4 is 5.97 Å². The van der Waals surface area contributed by atoms with E-state index in [4.69, 9.17) is 14.2 Å². The molecule has 5 heteroatoms. The molecule has 1 N–H and O–H groups in total. The van der Waals surface area contributed by atoms with Gasteiger partial charge in [-0.2, -0.15) is 0 Å². The molecule has 106 valence electrons. The lowest BCUT2D eigenvalue weighted by molar-refractivity contribution is -0.153. The molecule has 1 fully saturated rings. The summed E-state index contributed by atoms with van der Waals surface area (Å²) >= 11 is 0. The quantitative estimate of drug-likeness (QED) is 0.724. The lowest BCUT2D eigenvalue weighted by atomic mass is 10.0. The van der Waals surface area contributed by atoms with Gasteiger partial charge in [0.15, 0.2) is 0 Å². The molecule has 1 aliphatic heterocycles. The number of methoxy groups -OCH3 is 1. The first kappa shape index (κ1) is 15.4. The summed E-state index contributed by atoms with van der Waals surface area (Å²) in [6, 6.07) is 0.187. The Balaban J connectivity index is 2.52. The number of nitrogens with one attached hydrogen (secondary N) is 1. The van der Waals surface area contributed by atoms with E-state index in [-0.39, 0.29) is 18.1 Å². The van der Waals surface area contributed by atoms with E-state index >= 15 is 0 Å². The van der Waals surface area contributed by atoms with Gasteiger partial charge in [-0.05, 0) is 33.6 Å². The molecule has 0 bridgehead atoms. The van der Waals surface area contributed by atoms with E-state index in [0.29, 0.717) is 6.61 Å². The van der Waals surface area contributed by atoms with Crippen molar-refractivity contribution in [2.24, 2.45) is 0 Å². The van der Waals surface area contributed by atoms with Crippen molar-refractivity contribution in [3.05, 3.63) is 0 Å². The Hall–Kier alpha value is -0.650. The van der Waals surface area contributed by atoms with Gasteiger partial charge >= 0.3 is 5.97 Å². The van der Waals surface area contributed by atoms with Crippen LogP contribution >= 0.6 is 0 Å². The van der Waals surface area contributed by atoms with Gasteiger partial charge in [0.2, 0.25) is 0 Å². The van der Waals surface area contributed by atoms with Crippen LogP contribution in [0, 0.1) is 0 Å². The van der Waals surface area contributed by atoms with E-state index in [1.54, 1.807) is 0 Å². The SMILES string of the molecule is COC(=O)C(C)(COC1CCOCC1)NC(C)C. The van der Waals surface area contributed by atoms with Crippen LogP contribution in [-0.2, 0) is 19.0 Å². The minimum atomic E-state index is -0.790. The molecular weight excluding hydrogens is 234 g/mol. The highest BCUT2D eigenvalue weighted by Crippen LogP contribution is 2.15. The fourth-order valence-corrected chi connectivity index (χ4v) is 2.15. The van der Waals surface area contributed by atoms with Crippen LogP contribution in [0.4, 0.5) is 0 Å². The van der Waals surface area contributed by atoms with Gasteiger partial charge < -0.3 is 14.2 Å². The zero-order valence-electron chi connectivity index (χ0n) is 11.8. The van der Waals surface area contributed by atoms with Gasteiger partial charge in [0.05, 0.1) is 19.8 Å². The first-order valence-electron chi connectivity index (χ1n) is 6.53. The second-order valence-corrected chi connectivity index (χ2v) is 5.25. The number of carbonyl (C=O) groups is 1. The Labute approximate surface area is 109 Å². The minimum absolute atomic E-state index is 0.177. The van der Waals surface area contributed by atoms with Crippen LogP contribution in [0.5, 0.6) is 0 Å². The number of esters is 1. The molecule has 0 aromatic heterocycles. The molecule has 0 aromatic rings. The predicted octanol–water partition coefficient (Wildman–Crippen LogP) is 1.11. The van der Waals surface area contributed by atoms with E-state index in [1.807, 2.05) is 20.8 Å². The second-order valence-electron chi connectivity index (χ2n) is 5.25. The van der Waals surface area contributed by atoms with E-state index in [9.17, 15) is 4.79 Å². The monoisotopic (exact) mass is 259 g/mol. The third-order valence-corrected chi connectivity index (χ3v) is 3.02. The Bertz CT molecular complexity index is 264. The molecule has 1 unspecified atom stereocenters. The van der Waals surface area contributed by atoms with Crippen molar-refractivity contribution in [3.63, 3.8) is 0 Å². The van der Waals surface area contributed by atoms with Gasteiger partial charge in [-0.3, -0.25) is 5.32 Å². The number of hydrogen-bond donors (Lipinski definition) is 1. The van der Waals surface area contributed by atoms with Crippen molar-refractivity contribution in [2.45, 2.75) is 51.3 Å². The largest absolute Gasteiger partial charge is 0.468 e. The fraction of sp³-hybridized carbons (Fsp3) is 0.923. The van der Waals surface area contributed by atoms with Crippen LogP contribution in [0.3, 0.4) is 0 Å². The summed E-state index contributed by atoms with van der Waals surface area (Å²) in [7, 11) is 1.40. The molecule has 0 aromatic carbocycles. The normalized spacial score (nSPS) is 20.7. The first-order valence-corrected chi connectivity index (χ1v) is 6.53. The molecule has 5 nitrogen and oxygen atoms in total. The maximum absolute atomic E-state index is 11.9. The van der Waals surface area contributed by atoms with Gasteiger partial charge in [-0.25, -0.2) is 4.79 Å². The first-order chi connectivity index (χ1) is 8.48. The Morgan fingerprint density at radius 3 is 2.56 bits per heavy atom. The highest BCUT2D eigenvalue weighted by Gasteiger charge is 2.36. The molecule has 0 spiro atoms. The summed E-state index contributed by atoms with van der Waals surface area (Å²) in [5.74, 6) is -0.289. The molecule has 0 aliphatic carbocycles. The molecule has 1 aliphatic rings. The van der Waals surface area contributed by atoms with E-state index in [1.165, 1.54) is 7.11 Å². The second kappa shape index (κ2) is 7.07. The molecular formula is C13H25NO4. The predicted molar refractivity (Wildman–Crippen MR) is 68.5 cm³/mol. The summed E-state index contributed by atoms with van der Waals surface area (Å²) in [5.41, 5.74) is -0.790. The van der Waals surface area contributed by atoms with Crippen LogP contribution < -0.4 is 5.32 Å². The van der Waals surface area contributed by atoms with Gasteiger partial charge in [0.25, 0.3) is 0 Å². The fourth-order valence-electron chi connectivity index (χ4n) is 2.15. The average molecular weight is 259 g/mol. The topological polar surface area (TPSA) is 56.8 Å². The summed E-state index contributed by atoms with van der Waals surface area (Å²) in [4.78, 5) is 11.9. The number of carbonyl (C=O) groups excluding carboxylic acids is 1. The van der Waals surface area contributed by atoms with Crippen molar-refractivity contribution in [1.82, 2.24) is 5.32 Å². The van der Waals surface area contributed by atoms with Crippen molar-refractivity contribution < 1.29 is 19.0 Å². The number of rotatable bonds is 6. The molecule has 1 rings (SSSR count). The van der Waals surface area contributed by atoms with Gasteiger partial charge in [0, 0.05) is 19.3 Å². The zero-order valence-corrected chi connectivity index (χ0v) is 11.8. The molecule has 18 heavy (non-hydrogen) atoms. The number of hydrogen-bond acceptors (Lipinski definition) is 5. The third kappa shape index (κ3) is 4.55. The maximum atomic E-state index is 11.9. The van der Waals surface area contributed by atoms with E-state index < -0.39 is 5.54 Å². The van der Waals surface area contributed by atoms with Crippen molar-refractivity contribution in [1.29, 1.82) is 0 Å². The van der Waals surface area contributed by atoms with Crippen LogP contribution in [0.1, 0.15) is 33.6 Å². The highest BCUT2D eigenvalue weighted by molar-refractivity contribution is 5.80. The Kier molecular flexibility index (Phi) is 6.05. The number of ether oxygens (including phenoxy) is 3. The molecule has 1 saturated heterocycles. The minimum Gasteiger partial charge on any atom is -0.468 e. The Morgan fingerprint density at radius 2 is 2.06 bits per heavy atom. The van der Waals surface area contributed by atoms with E-state index in [2.05, 4.69) is 5.32 Å². The van der Waals surface area contributed by atoms with Crippen LogP contribution in [0.25, 0.3) is 0 Å². The lowest BCUT2D eigenvalue weighted by Crippen LogP contribution is -2.56. The van der Waals surface area contributed by atoms with E-state index in [0.717, 1.165) is 26.1 Å². The summed E-state index contributed by atoms with van der Waals surface area (Å²) < 4.78 is 16.0. The summed E-state index contributed by atoms with van der Waals surface area (Å²) in [6.07, 6.45) is 1.95. The van der Waals surface area contributed by atoms with Crippen molar-refractivity contribution in [3.8, 4) is 0 Å². The summed E-state index contributed by atoms with van der Waals surface area (Å²) in [5, 5.41) is 3.22. The molecule has 0 saturated carbocycles. The zero-order chi connectivity index (χ0) is 13.6. The average Bonchev–Trinajstić information content (AvgIpc) is 2.36. The van der Waals surface area contributed by atoms with Crippen molar-refractivity contribution in [2.75, 3.05) is 26.9 Å². The maximum Gasteiger partial charge on any atom is 0.328 e. The Morgan fingerprint density at radius 1 is 1.44 bits per heavy atom. The van der Waals surface area contributed by atoms with Crippen LogP contribution in [-0.4, -0.2) is 50.6 Å². The van der Waals surface area contributed by atoms with Gasteiger partial charge in [-0.15, -0.1) is 0 Å². The third-order valence-electron chi connectivity index (χ3n) is 3.02.